The predicted molar refractivity (Wildman–Crippen MR) is 165 cm³/mol. The number of anilines is 5. The number of aromatic nitrogens is 2. The van der Waals surface area contributed by atoms with Crippen LogP contribution in [0.4, 0.5) is 28.6 Å². The highest BCUT2D eigenvalue weighted by Crippen LogP contribution is 2.40. The smallest absolute Gasteiger partial charge is 0.144 e. The number of nitrogens with one attached hydrogen (secondary N) is 4. The minimum absolute atomic E-state index is 0.374. The Labute approximate surface area is 236 Å². The van der Waals surface area contributed by atoms with Crippen molar-refractivity contribution in [3.63, 3.8) is 0 Å². The molecule has 40 heavy (non-hydrogen) atoms. The van der Waals surface area contributed by atoms with Crippen LogP contribution in [-0.2, 0) is 0 Å². The van der Waals surface area contributed by atoms with E-state index in [1.807, 2.05) is 43.4 Å². The second-order valence-corrected chi connectivity index (χ2v) is 9.78. The summed E-state index contributed by atoms with van der Waals surface area (Å²) in [4.78, 5) is 13.6. The molecule has 1 fully saturated rings. The Hall–Kier alpha value is -4.15. The second kappa shape index (κ2) is 13.3. The zero-order chi connectivity index (χ0) is 28.6. The van der Waals surface area contributed by atoms with Gasteiger partial charge in [0.15, 0.2) is 0 Å². The molecule has 1 aromatic heterocycles. The number of hydrogen-bond acceptors (Lipinski definition) is 10. The molecule has 1 aliphatic rings. The van der Waals surface area contributed by atoms with Crippen molar-refractivity contribution in [3.05, 3.63) is 60.9 Å². The summed E-state index contributed by atoms with van der Waals surface area (Å²) in [5.74, 6) is 1.24. The number of hydrogen-bond donors (Lipinski definition) is 5. The fraction of sp³-hybridized carbons (Fsp3) is 0.367. The van der Waals surface area contributed by atoms with Crippen LogP contribution in [0.3, 0.4) is 0 Å². The molecular weight excluding hydrogens is 504 g/mol. The third-order valence-electron chi connectivity index (χ3n) is 7.48. The maximum absolute atomic E-state index is 10.4. The average molecular weight is 545 g/mol. The van der Waals surface area contributed by atoms with E-state index in [4.69, 9.17) is 10.1 Å². The van der Waals surface area contributed by atoms with Crippen molar-refractivity contribution in [2.24, 2.45) is 0 Å². The molecule has 10 nitrogen and oxygen atoms in total. The van der Waals surface area contributed by atoms with Crippen LogP contribution in [-0.4, -0.2) is 79.3 Å². The monoisotopic (exact) mass is 544 g/mol. The van der Waals surface area contributed by atoms with E-state index in [1.54, 1.807) is 7.11 Å². The molecule has 2 heterocycles. The van der Waals surface area contributed by atoms with Crippen LogP contribution < -0.4 is 25.6 Å². The summed E-state index contributed by atoms with van der Waals surface area (Å²) in [6, 6.07) is 11.9. The van der Waals surface area contributed by atoms with E-state index in [0.717, 1.165) is 66.4 Å². The third-order valence-corrected chi connectivity index (χ3v) is 7.48. The van der Waals surface area contributed by atoms with Crippen molar-refractivity contribution in [1.29, 1.82) is 5.41 Å². The van der Waals surface area contributed by atoms with Gasteiger partial charge in [0.1, 0.15) is 24.1 Å². The van der Waals surface area contributed by atoms with Gasteiger partial charge in [-0.25, -0.2) is 9.97 Å². The SMILES string of the molecule is C=CC(O)Nc1cc(Nc2cc(-c3ccc(C=N)c(NC)c3)ncn2)c(OC)cc1N(C)C1CCN(CC)CC1. The topological polar surface area (TPSA) is 122 Å². The molecule has 212 valence electrons. The van der Waals surface area contributed by atoms with Gasteiger partial charge in [-0.15, -0.1) is 0 Å². The molecule has 0 aliphatic carbocycles. The van der Waals surface area contributed by atoms with Gasteiger partial charge < -0.3 is 41.0 Å². The van der Waals surface area contributed by atoms with Gasteiger partial charge in [0.25, 0.3) is 0 Å². The first kappa shape index (κ1) is 28.8. The average Bonchev–Trinajstić information content (AvgIpc) is 3.00. The largest absolute Gasteiger partial charge is 0.494 e. The molecule has 0 spiro atoms. The molecule has 0 bridgehead atoms. The molecule has 1 atom stereocenters. The maximum atomic E-state index is 10.4. The maximum Gasteiger partial charge on any atom is 0.144 e. The first-order valence-corrected chi connectivity index (χ1v) is 13.6. The number of nitrogens with zero attached hydrogens (tertiary/aromatic N) is 4. The number of piperidine rings is 1. The fourth-order valence-corrected chi connectivity index (χ4v) is 5.06. The molecule has 5 N–H and O–H groups in total. The van der Waals surface area contributed by atoms with E-state index in [9.17, 15) is 5.11 Å². The Morgan fingerprint density at radius 3 is 2.60 bits per heavy atom. The third kappa shape index (κ3) is 6.52. The first-order valence-electron chi connectivity index (χ1n) is 13.6. The molecule has 2 aromatic carbocycles. The van der Waals surface area contributed by atoms with Crippen molar-refractivity contribution in [3.8, 4) is 17.0 Å². The van der Waals surface area contributed by atoms with Crippen molar-refractivity contribution in [1.82, 2.24) is 14.9 Å². The lowest BCUT2D eigenvalue weighted by atomic mass is 10.0. The van der Waals surface area contributed by atoms with Gasteiger partial charge in [-0.1, -0.05) is 25.6 Å². The minimum atomic E-state index is -0.911. The van der Waals surface area contributed by atoms with Gasteiger partial charge in [0, 0.05) is 68.4 Å². The summed E-state index contributed by atoms with van der Waals surface area (Å²) in [5.41, 5.74) is 5.66. The Morgan fingerprint density at radius 2 is 1.95 bits per heavy atom. The van der Waals surface area contributed by atoms with Gasteiger partial charge in [0.2, 0.25) is 0 Å². The lowest BCUT2D eigenvalue weighted by Gasteiger charge is -2.38. The Balaban J connectivity index is 1.66. The number of rotatable bonds is 12. The molecular formula is C30H40N8O2. The van der Waals surface area contributed by atoms with E-state index < -0.39 is 6.23 Å². The minimum Gasteiger partial charge on any atom is -0.494 e. The molecule has 0 saturated carbocycles. The number of benzene rings is 2. The Morgan fingerprint density at radius 1 is 1.18 bits per heavy atom. The number of likely N-dealkylation sites (tertiary alicyclic amines) is 1. The van der Waals surface area contributed by atoms with Crippen LogP contribution in [0.15, 0.2) is 55.4 Å². The number of methoxy groups -OCH3 is 1. The van der Waals surface area contributed by atoms with E-state index in [2.05, 4.69) is 56.3 Å². The zero-order valence-electron chi connectivity index (χ0n) is 23.7. The van der Waals surface area contributed by atoms with Crippen LogP contribution in [0.5, 0.6) is 5.75 Å². The number of aliphatic hydroxyl groups is 1. The Kier molecular flexibility index (Phi) is 9.57. The van der Waals surface area contributed by atoms with Gasteiger partial charge in [0.05, 0.1) is 29.9 Å². The second-order valence-electron chi connectivity index (χ2n) is 9.78. The summed E-state index contributed by atoms with van der Waals surface area (Å²) < 4.78 is 5.81. The van der Waals surface area contributed by atoms with Crippen LogP contribution in [0.1, 0.15) is 25.3 Å². The molecule has 4 rings (SSSR count). The molecule has 0 radical (unpaired) electrons. The lowest BCUT2D eigenvalue weighted by molar-refractivity contribution is 0.220. The summed E-state index contributed by atoms with van der Waals surface area (Å²) in [6.07, 6.45) is 5.51. The summed E-state index contributed by atoms with van der Waals surface area (Å²) in [7, 11) is 5.57. The highest BCUT2D eigenvalue weighted by molar-refractivity contribution is 5.88. The van der Waals surface area contributed by atoms with E-state index in [0.29, 0.717) is 23.3 Å². The standard InChI is InChI=1S/C30H40N8O2/c1-6-30(39)36-25-15-26(28(40-5)17-27(25)37(4)22-10-12-38(7-2)13-11-22)35-29-16-24(33-19-34-29)20-8-9-21(18-31)23(14-20)32-3/h6,8-9,14-19,22,30-32,36,39H,1,7,10-13H2,2-5H3,(H,33,34,35). The lowest BCUT2D eigenvalue weighted by Crippen LogP contribution is -2.43. The zero-order valence-corrected chi connectivity index (χ0v) is 23.7. The molecule has 1 saturated heterocycles. The molecule has 1 aliphatic heterocycles. The van der Waals surface area contributed by atoms with E-state index >= 15 is 0 Å². The molecule has 3 aromatic rings. The van der Waals surface area contributed by atoms with Crippen molar-refractivity contribution in [2.45, 2.75) is 32.0 Å². The normalized spacial score (nSPS) is 14.7. The molecule has 0 amide bonds. The van der Waals surface area contributed by atoms with Crippen LogP contribution in [0, 0.1) is 5.41 Å². The highest BCUT2D eigenvalue weighted by atomic mass is 16.5. The molecule has 1 unspecified atom stereocenters. The Bertz CT molecular complexity index is 1320. The van der Waals surface area contributed by atoms with E-state index in [1.165, 1.54) is 18.6 Å². The quantitative estimate of drug-likeness (QED) is 0.125. The van der Waals surface area contributed by atoms with Crippen molar-refractivity contribution in [2.75, 3.05) is 61.7 Å². The summed E-state index contributed by atoms with van der Waals surface area (Å²) in [6.45, 7) is 9.12. The van der Waals surface area contributed by atoms with Crippen molar-refractivity contribution >= 4 is 34.8 Å². The highest BCUT2D eigenvalue weighted by Gasteiger charge is 2.25. The number of ether oxygens (including phenoxy) is 1. The van der Waals surface area contributed by atoms with Crippen molar-refractivity contribution < 1.29 is 9.84 Å². The van der Waals surface area contributed by atoms with Crippen LogP contribution in [0.2, 0.25) is 0 Å². The number of aliphatic hydroxyl groups excluding tert-OH is 1. The van der Waals surface area contributed by atoms with Crippen LogP contribution >= 0.6 is 0 Å². The molecule has 10 heteroatoms. The van der Waals surface area contributed by atoms with Gasteiger partial charge >= 0.3 is 0 Å². The predicted octanol–water partition coefficient (Wildman–Crippen LogP) is 4.77. The first-order chi connectivity index (χ1) is 19.4. The van der Waals surface area contributed by atoms with Gasteiger partial charge in [-0.2, -0.15) is 0 Å². The van der Waals surface area contributed by atoms with Gasteiger partial charge in [-0.3, -0.25) is 0 Å². The summed E-state index contributed by atoms with van der Waals surface area (Å²) in [5, 5.41) is 27.7. The van der Waals surface area contributed by atoms with Crippen LogP contribution in [0.25, 0.3) is 11.3 Å². The van der Waals surface area contributed by atoms with E-state index in [-0.39, 0.29) is 0 Å². The van der Waals surface area contributed by atoms with Gasteiger partial charge in [-0.05, 0) is 37.6 Å². The fourth-order valence-electron chi connectivity index (χ4n) is 5.06. The summed E-state index contributed by atoms with van der Waals surface area (Å²) >= 11 is 0.